The minimum atomic E-state index is -1.45. The van der Waals surface area contributed by atoms with E-state index in [4.69, 9.17) is 9.47 Å². The Morgan fingerprint density at radius 3 is 2.43 bits per heavy atom. The van der Waals surface area contributed by atoms with E-state index in [9.17, 15) is 25.5 Å². The number of ether oxygens (including phenoxy) is 2. The molecule has 132 valence electrons. The largest absolute Gasteiger partial charge is 0.394 e. The average molecular weight is 330 g/mol. The Labute approximate surface area is 135 Å². The van der Waals surface area contributed by atoms with Crippen LogP contribution < -0.4 is 0 Å². The first-order valence-electron chi connectivity index (χ1n) is 8.08. The minimum absolute atomic E-state index is 0.00832. The normalized spacial score (nSPS) is 48.6. The minimum Gasteiger partial charge on any atom is -0.394 e. The van der Waals surface area contributed by atoms with Gasteiger partial charge in [0.05, 0.1) is 19.3 Å². The van der Waals surface area contributed by atoms with Gasteiger partial charge in [-0.05, 0) is 29.2 Å². The fraction of sp³-hybridized carbons (Fsp3) is 0.875. The zero-order valence-electron chi connectivity index (χ0n) is 13.4. The van der Waals surface area contributed by atoms with Crippen LogP contribution in [0.3, 0.4) is 0 Å². The van der Waals surface area contributed by atoms with Crippen molar-refractivity contribution >= 4 is 0 Å². The van der Waals surface area contributed by atoms with Gasteiger partial charge in [-0.15, -0.1) is 0 Å². The van der Waals surface area contributed by atoms with E-state index in [-0.39, 0.29) is 24.0 Å². The highest BCUT2D eigenvalue weighted by Crippen LogP contribution is 2.59. The predicted octanol–water partition coefficient (Wildman–Crippen LogP) is -1.23. The molecule has 4 rings (SSSR count). The van der Waals surface area contributed by atoms with Crippen LogP contribution in [0.2, 0.25) is 0 Å². The average Bonchev–Trinajstić information content (AvgIpc) is 2.54. The molecule has 7 nitrogen and oxygen atoms in total. The highest BCUT2D eigenvalue weighted by atomic mass is 16.7. The van der Waals surface area contributed by atoms with Crippen LogP contribution in [0, 0.1) is 17.3 Å². The van der Waals surface area contributed by atoms with Gasteiger partial charge in [0, 0.05) is 0 Å². The van der Waals surface area contributed by atoms with Crippen LogP contribution in [0.15, 0.2) is 11.6 Å². The van der Waals surface area contributed by atoms with Gasteiger partial charge in [-0.3, -0.25) is 0 Å². The summed E-state index contributed by atoms with van der Waals surface area (Å²) in [6.07, 6.45) is -3.94. The maximum atomic E-state index is 10.1. The number of fused-ring (bicyclic) bond motifs is 1. The van der Waals surface area contributed by atoms with Crippen LogP contribution in [-0.2, 0) is 9.47 Å². The summed E-state index contributed by atoms with van der Waals surface area (Å²) in [4.78, 5) is 0. The molecule has 1 aliphatic heterocycles. The molecule has 8 atom stereocenters. The summed E-state index contributed by atoms with van der Waals surface area (Å²) in [5, 5.41) is 48.5. The Hall–Kier alpha value is -0.540. The summed E-state index contributed by atoms with van der Waals surface area (Å²) in [6, 6.07) is 0. The van der Waals surface area contributed by atoms with Crippen molar-refractivity contribution in [2.24, 2.45) is 17.3 Å². The van der Waals surface area contributed by atoms with E-state index in [0.717, 1.165) is 12.0 Å². The van der Waals surface area contributed by atoms with Crippen molar-refractivity contribution in [3.8, 4) is 0 Å². The Kier molecular flexibility index (Phi) is 4.57. The van der Waals surface area contributed by atoms with Crippen LogP contribution in [0.5, 0.6) is 0 Å². The zero-order valence-corrected chi connectivity index (χ0v) is 13.4. The van der Waals surface area contributed by atoms with Gasteiger partial charge in [0.2, 0.25) is 0 Å². The van der Waals surface area contributed by atoms with Crippen molar-refractivity contribution in [2.45, 2.75) is 57.1 Å². The molecule has 1 heterocycles. The molecule has 0 aromatic heterocycles. The van der Waals surface area contributed by atoms with Crippen LogP contribution in [0.1, 0.15) is 20.3 Å². The van der Waals surface area contributed by atoms with Gasteiger partial charge in [0.25, 0.3) is 0 Å². The molecule has 3 aliphatic carbocycles. The number of rotatable bonds is 4. The maximum Gasteiger partial charge on any atom is 0.187 e. The third kappa shape index (κ3) is 2.64. The summed E-state index contributed by atoms with van der Waals surface area (Å²) in [6.45, 7) is 3.73. The first-order valence-corrected chi connectivity index (χ1v) is 8.08. The van der Waals surface area contributed by atoms with E-state index < -0.39 is 37.3 Å². The van der Waals surface area contributed by atoms with Crippen molar-refractivity contribution in [1.29, 1.82) is 0 Å². The molecule has 5 N–H and O–H groups in total. The lowest BCUT2D eigenvalue weighted by Gasteiger charge is -2.59. The summed E-state index contributed by atoms with van der Waals surface area (Å²) in [5.74, 6) is 0.572. The molecule has 0 amide bonds. The molecule has 7 heteroatoms. The van der Waals surface area contributed by atoms with Gasteiger partial charge in [-0.1, -0.05) is 19.9 Å². The molecule has 23 heavy (non-hydrogen) atoms. The third-order valence-corrected chi connectivity index (χ3v) is 5.89. The van der Waals surface area contributed by atoms with Crippen molar-refractivity contribution in [3.63, 3.8) is 0 Å². The van der Waals surface area contributed by atoms with E-state index in [1.807, 2.05) is 6.08 Å². The second-order valence-electron chi connectivity index (χ2n) is 7.41. The molecule has 2 fully saturated rings. The fourth-order valence-corrected chi connectivity index (χ4v) is 4.22. The monoisotopic (exact) mass is 330 g/mol. The van der Waals surface area contributed by atoms with Gasteiger partial charge < -0.3 is 35.0 Å². The first-order chi connectivity index (χ1) is 10.8. The fourth-order valence-electron chi connectivity index (χ4n) is 4.22. The topological polar surface area (TPSA) is 120 Å². The number of aliphatic hydroxyl groups is 5. The lowest BCUT2D eigenvalue weighted by atomic mass is 9.48. The Balaban J connectivity index is 1.76. The second kappa shape index (κ2) is 6.07. The summed E-state index contributed by atoms with van der Waals surface area (Å²) in [5.41, 5.74) is 0.915. The van der Waals surface area contributed by atoms with E-state index in [1.165, 1.54) is 0 Å². The van der Waals surface area contributed by atoms with Crippen LogP contribution in [-0.4, -0.2) is 75.6 Å². The zero-order chi connectivity index (χ0) is 16.9. The Bertz CT molecular complexity index is 475. The lowest BCUT2D eigenvalue weighted by molar-refractivity contribution is -0.318. The molecule has 1 saturated heterocycles. The highest BCUT2D eigenvalue weighted by molar-refractivity contribution is 5.27. The van der Waals surface area contributed by atoms with E-state index >= 15 is 0 Å². The molecule has 2 bridgehead atoms. The second-order valence-corrected chi connectivity index (χ2v) is 7.41. The summed E-state index contributed by atoms with van der Waals surface area (Å²) >= 11 is 0. The number of hydrogen-bond acceptors (Lipinski definition) is 7. The van der Waals surface area contributed by atoms with E-state index in [1.54, 1.807) is 0 Å². The van der Waals surface area contributed by atoms with Crippen molar-refractivity contribution in [3.05, 3.63) is 11.6 Å². The molecule has 4 aliphatic rings. The molecule has 0 aromatic carbocycles. The molecular formula is C16H26O7. The van der Waals surface area contributed by atoms with Crippen LogP contribution in [0.4, 0.5) is 0 Å². The maximum absolute atomic E-state index is 10.1. The first kappa shape index (κ1) is 17.3. The molecule has 0 unspecified atom stereocenters. The molecular weight excluding hydrogens is 304 g/mol. The Morgan fingerprint density at radius 1 is 1.17 bits per heavy atom. The summed E-state index contributed by atoms with van der Waals surface area (Å²) < 4.78 is 11.3. The molecule has 0 spiro atoms. The standard InChI is InChI=1S/C16H26O7/c1-16(2)8-4-9(16)10(3-7(8)5-17)22-15-14(21)13(20)12(19)11(6-18)23-15/h3,8-15,17-21H,4-6H2,1-2H3/t8-,9+,10-,11-,12-,13+,14-,15-/m1/s1. The van der Waals surface area contributed by atoms with Gasteiger partial charge in [-0.25, -0.2) is 0 Å². The SMILES string of the molecule is CC1(C)[C@@H]2C[C@H]1[C@H](O[C@@H]1O[C@H](CO)[C@@H](O)[C@H](O)[C@H]1O)C=C2CO. The predicted molar refractivity (Wildman–Crippen MR) is 79.2 cm³/mol. The quantitative estimate of drug-likeness (QED) is 0.409. The third-order valence-electron chi connectivity index (χ3n) is 5.89. The van der Waals surface area contributed by atoms with Gasteiger partial charge in [0.15, 0.2) is 6.29 Å². The van der Waals surface area contributed by atoms with Crippen molar-refractivity contribution in [2.75, 3.05) is 13.2 Å². The van der Waals surface area contributed by atoms with Gasteiger partial charge in [0.1, 0.15) is 24.4 Å². The van der Waals surface area contributed by atoms with Gasteiger partial charge in [-0.2, -0.15) is 0 Å². The van der Waals surface area contributed by atoms with E-state index in [2.05, 4.69) is 13.8 Å². The smallest absolute Gasteiger partial charge is 0.187 e. The van der Waals surface area contributed by atoms with E-state index in [0.29, 0.717) is 5.92 Å². The number of hydrogen-bond donors (Lipinski definition) is 5. The highest BCUT2D eigenvalue weighted by Gasteiger charge is 2.56. The van der Waals surface area contributed by atoms with Crippen molar-refractivity contribution in [1.82, 2.24) is 0 Å². The Morgan fingerprint density at radius 2 is 1.87 bits per heavy atom. The van der Waals surface area contributed by atoms with Crippen LogP contribution >= 0.6 is 0 Å². The van der Waals surface area contributed by atoms with Crippen LogP contribution in [0.25, 0.3) is 0 Å². The van der Waals surface area contributed by atoms with Gasteiger partial charge >= 0.3 is 0 Å². The molecule has 1 saturated carbocycles. The summed E-state index contributed by atoms with van der Waals surface area (Å²) in [7, 11) is 0. The molecule has 0 aromatic rings. The molecule has 0 radical (unpaired) electrons. The number of aliphatic hydroxyl groups excluding tert-OH is 5. The lowest BCUT2D eigenvalue weighted by Crippen LogP contribution is -2.62. The van der Waals surface area contributed by atoms with Crippen molar-refractivity contribution < 1.29 is 35.0 Å².